The Morgan fingerprint density at radius 1 is 1.45 bits per heavy atom. The largest absolute Gasteiger partial charge is 0.482 e. The van der Waals surface area contributed by atoms with Gasteiger partial charge in [-0.3, -0.25) is 10.2 Å². The highest BCUT2D eigenvalue weighted by atomic mass is 16.5. The number of hydrogen-bond acceptors (Lipinski definition) is 5. The first-order chi connectivity index (χ1) is 9.61. The minimum absolute atomic E-state index is 0.0316. The van der Waals surface area contributed by atoms with E-state index in [1.165, 1.54) is 0 Å². The maximum absolute atomic E-state index is 11.7. The number of hydrogen-bond donors (Lipinski definition) is 3. The number of benzene rings is 1. The molecule has 4 N–H and O–H groups in total. The summed E-state index contributed by atoms with van der Waals surface area (Å²) in [6, 6.07) is 6.42. The van der Waals surface area contributed by atoms with Crippen LogP contribution in [0, 0.1) is 5.92 Å². The molecule has 6 heteroatoms. The third-order valence-corrected chi connectivity index (χ3v) is 4.24. The molecule has 108 valence electrons. The van der Waals surface area contributed by atoms with Crippen LogP contribution in [0.1, 0.15) is 18.5 Å². The summed E-state index contributed by atoms with van der Waals surface area (Å²) in [7, 11) is 1.77. The molecule has 20 heavy (non-hydrogen) atoms. The van der Waals surface area contributed by atoms with Gasteiger partial charge in [0.25, 0.3) is 5.91 Å². The highest BCUT2D eigenvalue weighted by Gasteiger charge is 2.34. The number of nitrogens with one attached hydrogen (secondary N) is 2. The van der Waals surface area contributed by atoms with E-state index in [1.54, 1.807) is 11.9 Å². The Bertz CT molecular complexity index is 534. The van der Waals surface area contributed by atoms with E-state index in [9.17, 15) is 4.79 Å². The predicted octanol–water partition coefficient (Wildman–Crippen LogP) is 0.154. The van der Waals surface area contributed by atoms with Crippen molar-refractivity contribution in [2.24, 2.45) is 11.7 Å². The molecule has 1 aromatic carbocycles. The maximum atomic E-state index is 11.7. The summed E-state index contributed by atoms with van der Waals surface area (Å²) in [4.78, 5) is 13.4. The van der Waals surface area contributed by atoms with Crippen molar-refractivity contribution in [2.75, 3.05) is 25.1 Å². The fourth-order valence-electron chi connectivity index (χ4n) is 2.88. The van der Waals surface area contributed by atoms with Gasteiger partial charge in [0.2, 0.25) is 0 Å². The van der Waals surface area contributed by atoms with E-state index in [1.807, 2.05) is 18.2 Å². The zero-order valence-electron chi connectivity index (χ0n) is 11.7. The van der Waals surface area contributed by atoms with E-state index < -0.39 is 0 Å². The first-order valence-corrected chi connectivity index (χ1v) is 6.86. The number of rotatable bonds is 2. The van der Waals surface area contributed by atoms with Gasteiger partial charge in [-0.1, -0.05) is 6.07 Å². The van der Waals surface area contributed by atoms with Gasteiger partial charge in [-0.2, -0.15) is 0 Å². The highest BCUT2D eigenvalue weighted by Crippen LogP contribution is 2.36. The number of hydrazine groups is 1. The number of carbonyl (C=O) groups excluding carboxylic acids is 1. The van der Waals surface area contributed by atoms with Crippen molar-refractivity contribution in [1.29, 1.82) is 0 Å². The summed E-state index contributed by atoms with van der Waals surface area (Å²) in [6.45, 7) is 2.82. The van der Waals surface area contributed by atoms with Crippen LogP contribution < -0.4 is 26.2 Å². The molecular weight excluding hydrogens is 256 g/mol. The molecule has 1 aromatic rings. The molecule has 0 bridgehead atoms. The molecule has 3 atom stereocenters. The van der Waals surface area contributed by atoms with E-state index in [2.05, 4.69) is 17.8 Å². The number of ether oxygens (including phenoxy) is 1. The predicted molar refractivity (Wildman–Crippen MR) is 76.4 cm³/mol. The molecular formula is C14H20N4O2. The Hall–Kier alpha value is -1.63. The van der Waals surface area contributed by atoms with E-state index >= 15 is 0 Å². The van der Waals surface area contributed by atoms with Gasteiger partial charge in [0.1, 0.15) is 5.75 Å². The Labute approximate surface area is 118 Å². The first kappa shape index (κ1) is 13.4. The Kier molecular flexibility index (Phi) is 3.37. The van der Waals surface area contributed by atoms with Gasteiger partial charge < -0.3 is 15.4 Å². The van der Waals surface area contributed by atoms with Crippen LogP contribution in [0.4, 0.5) is 5.69 Å². The molecule has 0 radical (unpaired) electrons. The van der Waals surface area contributed by atoms with E-state index in [0.717, 1.165) is 17.0 Å². The van der Waals surface area contributed by atoms with Crippen molar-refractivity contribution in [2.45, 2.75) is 19.0 Å². The molecule has 2 aliphatic rings. The lowest BCUT2D eigenvalue weighted by molar-refractivity contribution is -0.120. The average molecular weight is 276 g/mol. The van der Waals surface area contributed by atoms with Crippen molar-refractivity contribution in [3.8, 4) is 5.75 Å². The van der Waals surface area contributed by atoms with E-state index in [4.69, 9.17) is 10.5 Å². The second-order valence-corrected chi connectivity index (χ2v) is 5.42. The van der Waals surface area contributed by atoms with Crippen LogP contribution in [0.15, 0.2) is 18.2 Å². The molecule has 0 spiro atoms. The molecule has 6 nitrogen and oxygen atoms in total. The lowest BCUT2D eigenvalue weighted by Crippen LogP contribution is -2.35. The normalized spacial score (nSPS) is 29.2. The third kappa shape index (κ3) is 2.06. The second kappa shape index (κ2) is 5.05. The highest BCUT2D eigenvalue weighted by molar-refractivity contribution is 5.97. The van der Waals surface area contributed by atoms with E-state index in [0.29, 0.717) is 18.5 Å². The summed E-state index contributed by atoms with van der Waals surface area (Å²) >= 11 is 0. The number of carbonyl (C=O) groups is 1. The van der Waals surface area contributed by atoms with Gasteiger partial charge in [-0.15, -0.1) is 0 Å². The van der Waals surface area contributed by atoms with Gasteiger partial charge in [0.05, 0.1) is 11.7 Å². The molecule has 3 rings (SSSR count). The van der Waals surface area contributed by atoms with Crippen LogP contribution in [0.3, 0.4) is 0 Å². The number of anilines is 1. The van der Waals surface area contributed by atoms with Crippen molar-refractivity contribution < 1.29 is 9.53 Å². The van der Waals surface area contributed by atoms with Gasteiger partial charge in [-0.25, -0.2) is 5.43 Å². The molecule has 1 amide bonds. The van der Waals surface area contributed by atoms with Gasteiger partial charge in [0.15, 0.2) is 6.61 Å². The van der Waals surface area contributed by atoms with Crippen molar-refractivity contribution >= 4 is 11.6 Å². The molecule has 0 aliphatic carbocycles. The molecule has 1 saturated heterocycles. The van der Waals surface area contributed by atoms with E-state index in [-0.39, 0.29) is 18.6 Å². The fraction of sp³-hybridized carbons (Fsp3) is 0.500. The minimum Gasteiger partial charge on any atom is -0.482 e. The molecule has 2 heterocycles. The number of nitrogens with two attached hydrogens (primary N) is 1. The summed E-state index contributed by atoms with van der Waals surface area (Å²) in [6.07, 6.45) is 0. The molecule has 2 aliphatic heterocycles. The fourth-order valence-corrected chi connectivity index (χ4v) is 2.88. The minimum atomic E-state index is -0.0316. The number of fused-ring (bicyclic) bond motifs is 1. The zero-order chi connectivity index (χ0) is 14.3. The Morgan fingerprint density at radius 3 is 3.00 bits per heavy atom. The zero-order valence-corrected chi connectivity index (χ0v) is 11.7. The molecule has 3 unspecified atom stereocenters. The average Bonchev–Trinajstić information content (AvgIpc) is 2.83. The smallest absolute Gasteiger partial charge is 0.264 e. The quantitative estimate of drug-likeness (QED) is 0.717. The standard InChI is InChI=1S/C14H20N4O2/c1-8-10(6-15)14(17-16-8)9-3-4-12-11(5-9)18(2)13(19)7-20-12/h3-5,8,10,14,16-17H,6-7,15H2,1-2H3. The van der Waals surface area contributed by atoms with Crippen LogP contribution in [-0.2, 0) is 4.79 Å². The van der Waals surface area contributed by atoms with Crippen molar-refractivity contribution in [3.05, 3.63) is 23.8 Å². The van der Waals surface area contributed by atoms with Gasteiger partial charge in [-0.05, 0) is 31.2 Å². The van der Waals surface area contributed by atoms with Crippen LogP contribution in [-0.4, -0.2) is 32.1 Å². The number of amides is 1. The topological polar surface area (TPSA) is 79.6 Å². The van der Waals surface area contributed by atoms with Gasteiger partial charge >= 0.3 is 0 Å². The van der Waals surface area contributed by atoms with Crippen LogP contribution in [0.5, 0.6) is 5.75 Å². The first-order valence-electron chi connectivity index (χ1n) is 6.86. The van der Waals surface area contributed by atoms with Crippen LogP contribution >= 0.6 is 0 Å². The van der Waals surface area contributed by atoms with Crippen LogP contribution in [0.2, 0.25) is 0 Å². The maximum Gasteiger partial charge on any atom is 0.264 e. The lowest BCUT2D eigenvalue weighted by atomic mass is 9.90. The third-order valence-electron chi connectivity index (χ3n) is 4.24. The summed E-state index contributed by atoms with van der Waals surface area (Å²) in [5, 5.41) is 0. The summed E-state index contributed by atoms with van der Waals surface area (Å²) < 4.78 is 5.45. The van der Waals surface area contributed by atoms with Gasteiger partial charge in [0, 0.05) is 19.0 Å². The molecule has 0 saturated carbocycles. The monoisotopic (exact) mass is 276 g/mol. The Balaban J connectivity index is 1.94. The van der Waals surface area contributed by atoms with Crippen molar-refractivity contribution in [3.63, 3.8) is 0 Å². The number of likely N-dealkylation sites (N-methyl/N-ethyl adjacent to an activating group) is 1. The van der Waals surface area contributed by atoms with Crippen molar-refractivity contribution in [1.82, 2.24) is 10.9 Å². The SMILES string of the molecule is CC1NNC(c2ccc3c(c2)N(C)C(=O)CO3)C1CN. The summed E-state index contributed by atoms with van der Waals surface area (Å²) in [5.41, 5.74) is 14.3. The lowest BCUT2D eigenvalue weighted by Gasteiger charge is -2.28. The molecule has 0 aromatic heterocycles. The Morgan fingerprint density at radius 2 is 2.25 bits per heavy atom. The molecule has 1 fully saturated rings. The van der Waals surface area contributed by atoms with Crippen LogP contribution in [0.25, 0.3) is 0 Å². The summed E-state index contributed by atoms with van der Waals surface area (Å²) in [5.74, 6) is 1.04. The number of nitrogens with zero attached hydrogens (tertiary/aromatic N) is 1. The second-order valence-electron chi connectivity index (χ2n) is 5.42.